The Bertz CT molecular complexity index is 200. The third-order valence-electron chi connectivity index (χ3n) is 3.12. The molecule has 1 unspecified atom stereocenters. The summed E-state index contributed by atoms with van der Waals surface area (Å²) in [6.45, 7) is 7.19. The van der Waals surface area contributed by atoms with E-state index >= 15 is 0 Å². The van der Waals surface area contributed by atoms with Crippen molar-refractivity contribution >= 4 is 5.78 Å². The van der Waals surface area contributed by atoms with Gasteiger partial charge in [-0.25, -0.2) is 0 Å². The molecule has 4 heteroatoms. The molecule has 4 nitrogen and oxygen atoms in total. The molecule has 0 amide bonds. The van der Waals surface area contributed by atoms with Crippen molar-refractivity contribution in [2.75, 3.05) is 39.8 Å². The van der Waals surface area contributed by atoms with Crippen molar-refractivity contribution in [3.05, 3.63) is 0 Å². The molecule has 1 aliphatic rings. The summed E-state index contributed by atoms with van der Waals surface area (Å²) in [5.41, 5.74) is 5.68. The van der Waals surface area contributed by atoms with Crippen LogP contribution in [0, 0.1) is 0 Å². The number of hydrogen-bond acceptors (Lipinski definition) is 4. The number of Topliss-reactive ketones (excluding diaryl/α,β-unsaturated/α-hetero) is 1. The lowest BCUT2D eigenvalue weighted by Gasteiger charge is -2.32. The molecule has 2 N–H and O–H groups in total. The molecule has 88 valence electrons. The maximum absolute atomic E-state index is 11.5. The number of rotatable bonds is 5. The van der Waals surface area contributed by atoms with Gasteiger partial charge in [0, 0.05) is 39.1 Å². The first-order valence-electron chi connectivity index (χ1n) is 5.82. The fourth-order valence-corrected chi connectivity index (χ4v) is 1.75. The maximum atomic E-state index is 11.5. The lowest BCUT2D eigenvalue weighted by Crippen LogP contribution is -2.45. The average molecular weight is 213 g/mol. The highest BCUT2D eigenvalue weighted by Gasteiger charge is 2.16. The van der Waals surface area contributed by atoms with Gasteiger partial charge in [0.1, 0.15) is 0 Å². The largest absolute Gasteiger partial charge is 0.322 e. The summed E-state index contributed by atoms with van der Waals surface area (Å²) in [6.07, 6.45) is 1.36. The zero-order valence-corrected chi connectivity index (χ0v) is 9.91. The van der Waals surface area contributed by atoms with Crippen LogP contribution in [0.1, 0.15) is 19.8 Å². The Morgan fingerprint density at radius 3 is 2.47 bits per heavy atom. The topological polar surface area (TPSA) is 49.6 Å². The quantitative estimate of drug-likeness (QED) is 0.694. The Kier molecular flexibility index (Phi) is 5.22. The van der Waals surface area contributed by atoms with E-state index in [1.165, 1.54) is 0 Å². The third-order valence-corrected chi connectivity index (χ3v) is 3.12. The van der Waals surface area contributed by atoms with Crippen molar-refractivity contribution in [1.29, 1.82) is 0 Å². The van der Waals surface area contributed by atoms with Crippen LogP contribution in [0.5, 0.6) is 0 Å². The van der Waals surface area contributed by atoms with E-state index in [2.05, 4.69) is 16.8 Å². The molecule has 0 saturated carbocycles. The van der Waals surface area contributed by atoms with Gasteiger partial charge in [0.2, 0.25) is 0 Å². The predicted molar refractivity (Wildman–Crippen MR) is 61.8 cm³/mol. The first-order chi connectivity index (χ1) is 7.13. The van der Waals surface area contributed by atoms with Crippen molar-refractivity contribution in [3.8, 4) is 0 Å². The predicted octanol–water partition coefficient (Wildman–Crippen LogP) is -0.0697. The number of piperazine rings is 1. The molecule has 1 fully saturated rings. The smallest absolute Gasteiger partial charge is 0.150 e. The van der Waals surface area contributed by atoms with Crippen LogP contribution in [-0.2, 0) is 4.79 Å². The summed E-state index contributed by atoms with van der Waals surface area (Å²) in [5.74, 6) is 0.205. The standard InChI is InChI=1S/C11H23N3O/c1-3-10(12)11(15)4-5-14-8-6-13(2)7-9-14/h10H,3-9,12H2,1-2H3. The molecule has 0 aromatic heterocycles. The second kappa shape index (κ2) is 6.20. The van der Waals surface area contributed by atoms with E-state index in [9.17, 15) is 4.79 Å². The van der Waals surface area contributed by atoms with Crippen molar-refractivity contribution in [2.45, 2.75) is 25.8 Å². The monoisotopic (exact) mass is 213 g/mol. The SMILES string of the molecule is CCC(N)C(=O)CCN1CCN(C)CC1. The van der Waals surface area contributed by atoms with E-state index in [1.807, 2.05) is 6.92 Å². The maximum Gasteiger partial charge on any atom is 0.150 e. The Balaban J connectivity index is 2.17. The second-order valence-corrected chi connectivity index (χ2v) is 4.38. The van der Waals surface area contributed by atoms with Crippen LogP contribution in [0.4, 0.5) is 0 Å². The number of nitrogens with zero attached hydrogens (tertiary/aromatic N) is 2. The highest BCUT2D eigenvalue weighted by atomic mass is 16.1. The second-order valence-electron chi connectivity index (χ2n) is 4.38. The molecule has 15 heavy (non-hydrogen) atoms. The van der Waals surface area contributed by atoms with Crippen LogP contribution in [-0.4, -0.2) is 61.4 Å². The summed E-state index contributed by atoms with van der Waals surface area (Å²) in [4.78, 5) is 16.2. The molecule has 0 spiro atoms. The Morgan fingerprint density at radius 2 is 1.93 bits per heavy atom. The Labute approximate surface area is 92.4 Å². The highest BCUT2D eigenvalue weighted by Crippen LogP contribution is 2.02. The molecule has 0 bridgehead atoms. The van der Waals surface area contributed by atoms with E-state index in [1.54, 1.807) is 0 Å². The number of hydrogen-bond donors (Lipinski definition) is 1. The minimum Gasteiger partial charge on any atom is -0.322 e. The van der Waals surface area contributed by atoms with Crippen molar-refractivity contribution in [3.63, 3.8) is 0 Å². The zero-order chi connectivity index (χ0) is 11.3. The fraction of sp³-hybridized carbons (Fsp3) is 0.909. The summed E-state index contributed by atoms with van der Waals surface area (Å²) in [5, 5.41) is 0. The van der Waals surface area contributed by atoms with Crippen LogP contribution in [0.2, 0.25) is 0 Å². The van der Waals surface area contributed by atoms with Crippen molar-refractivity contribution in [1.82, 2.24) is 9.80 Å². The van der Waals surface area contributed by atoms with Crippen LogP contribution < -0.4 is 5.73 Å². The zero-order valence-electron chi connectivity index (χ0n) is 9.91. The van der Waals surface area contributed by atoms with Gasteiger partial charge in [-0.05, 0) is 13.5 Å². The van der Waals surface area contributed by atoms with Gasteiger partial charge in [-0.2, -0.15) is 0 Å². The van der Waals surface area contributed by atoms with Gasteiger partial charge >= 0.3 is 0 Å². The summed E-state index contributed by atoms with van der Waals surface area (Å²) < 4.78 is 0. The minimum atomic E-state index is -0.252. The fourth-order valence-electron chi connectivity index (χ4n) is 1.75. The van der Waals surface area contributed by atoms with Crippen LogP contribution in [0.15, 0.2) is 0 Å². The lowest BCUT2D eigenvalue weighted by molar-refractivity contribution is -0.120. The van der Waals surface area contributed by atoms with Gasteiger partial charge in [0.25, 0.3) is 0 Å². The minimum absolute atomic E-state index is 0.205. The molecule has 1 rings (SSSR count). The third kappa shape index (κ3) is 4.28. The van der Waals surface area contributed by atoms with Crippen molar-refractivity contribution < 1.29 is 4.79 Å². The molecule has 0 radical (unpaired) electrons. The van der Waals surface area contributed by atoms with E-state index in [0.717, 1.165) is 39.1 Å². The molecule has 0 aromatic carbocycles. The lowest BCUT2D eigenvalue weighted by atomic mass is 10.1. The summed E-state index contributed by atoms with van der Waals surface area (Å²) in [6, 6.07) is -0.252. The number of carbonyl (C=O) groups excluding carboxylic acids is 1. The van der Waals surface area contributed by atoms with Crippen LogP contribution >= 0.6 is 0 Å². The Morgan fingerprint density at radius 1 is 1.33 bits per heavy atom. The molecule has 0 aliphatic carbocycles. The molecule has 1 atom stereocenters. The summed E-state index contributed by atoms with van der Waals surface area (Å²) in [7, 11) is 2.13. The highest BCUT2D eigenvalue weighted by molar-refractivity contribution is 5.83. The molecule has 1 saturated heterocycles. The molecule has 1 aliphatic heterocycles. The average Bonchev–Trinajstić information content (AvgIpc) is 2.26. The number of nitrogens with two attached hydrogens (primary N) is 1. The van der Waals surface area contributed by atoms with Crippen LogP contribution in [0.3, 0.4) is 0 Å². The molecule has 0 aromatic rings. The van der Waals surface area contributed by atoms with Gasteiger partial charge in [-0.3, -0.25) is 4.79 Å². The van der Waals surface area contributed by atoms with E-state index in [0.29, 0.717) is 6.42 Å². The van der Waals surface area contributed by atoms with E-state index < -0.39 is 0 Å². The van der Waals surface area contributed by atoms with Gasteiger partial charge in [0.05, 0.1) is 6.04 Å². The van der Waals surface area contributed by atoms with Gasteiger partial charge in [-0.1, -0.05) is 6.92 Å². The number of ketones is 1. The number of carbonyl (C=O) groups is 1. The first kappa shape index (κ1) is 12.6. The molecular formula is C11H23N3O. The van der Waals surface area contributed by atoms with E-state index in [-0.39, 0.29) is 11.8 Å². The van der Waals surface area contributed by atoms with Gasteiger partial charge in [-0.15, -0.1) is 0 Å². The first-order valence-corrected chi connectivity index (χ1v) is 5.82. The molecule has 1 heterocycles. The van der Waals surface area contributed by atoms with Gasteiger partial charge < -0.3 is 15.5 Å². The molecular weight excluding hydrogens is 190 g/mol. The van der Waals surface area contributed by atoms with E-state index in [4.69, 9.17) is 5.73 Å². The van der Waals surface area contributed by atoms with Gasteiger partial charge in [0.15, 0.2) is 5.78 Å². The Hall–Kier alpha value is -0.450. The van der Waals surface area contributed by atoms with Crippen LogP contribution in [0.25, 0.3) is 0 Å². The number of likely N-dealkylation sites (N-methyl/N-ethyl adjacent to an activating group) is 1. The van der Waals surface area contributed by atoms with Crippen molar-refractivity contribution in [2.24, 2.45) is 5.73 Å². The normalized spacial score (nSPS) is 21.5. The summed E-state index contributed by atoms with van der Waals surface area (Å²) >= 11 is 0.